The molecule has 3 rings (SSSR count). The van der Waals surface area contributed by atoms with Gasteiger partial charge in [0, 0.05) is 12.4 Å². The van der Waals surface area contributed by atoms with Crippen LogP contribution in [-0.2, 0) is 10.0 Å². The number of halogens is 1. The molecule has 0 spiro atoms. The van der Waals surface area contributed by atoms with Crippen LogP contribution in [0.2, 0.25) is 4.34 Å². The fourth-order valence-corrected chi connectivity index (χ4v) is 4.31. The Morgan fingerprint density at radius 2 is 2.05 bits per heavy atom. The van der Waals surface area contributed by atoms with E-state index in [9.17, 15) is 8.42 Å². The molecule has 8 heteroatoms. The van der Waals surface area contributed by atoms with Crippen LogP contribution in [0.1, 0.15) is 0 Å². The quantitative estimate of drug-likeness (QED) is 0.792. The van der Waals surface area contributed by atoms with Gasteiger partial charge in [-0.3, -0.25) is 4.72 Å². The first kappa shape index (κ1) is 14.1. The van der Waals surface area contributed by atoms with Crippen molar-refractivity contribution in [2.24, 2.45) is 0 Å². The summed E-state index contributed by atoms with van der Waals surface area (Å²) in [5.41, 5.74) is 1.23. The molecule has 0 aliphatic carbocycles. The van der Waals surface area contributed by atoms with Gasteiger partial charge in [-0.05, 0) is 36.4 Å². The van der Waals surface area contributed by atoms with Gasteiger partial charge in [0.15, 0.2) is 0 Å². The smallest absolute Gasteiger partial charge is 0.271 e. The van der Waals surface area contributed by atoms with Crippen molar-refractivity contribution in [1.82, 2.24) is 9.78 Å². The molecule has 1 N–H and O–H groups in total. The van der Waals surface area contributed by atoms with E-state index >= 15 is 0 Å². The summed E-state index contributed by atoms with van der Waals surface area (Å²) in [7, 11) is -3.62. The zero-order valence-electron chi connectivity index (χ0n) is 10.6. The third kappa shape index (κ3) is 3.10. The first-order valence-corrected chi connectivity index (χ1v) is 8.61. The fourth-order valence-electron chi connectivity index (χ4n) is 1.78. The van der Waals surface area contributed by atoms with Gasteiger partial charge in [0.05, 0.1) is 15.7 Å². The molecule has 0 atom stereocenters. The molecule has 5 nitrogen and oxygen atoms in total. The Hall–Kier alpha value is -1.83. The molecule has 0 unspecified atom stereocenters. The molecule has 2 aromatic heterocycles. The Labute approximate surface area is 130 Å². The van der Waals surface area contributed by atoms with E-state index < -0.39 is 10.0 Å². The minimum atomic E-state index is -3.62. The van der Waals surface area contributed by atoms with Gasteiger partial charge in [0.2, 0.25) is 0 Å². The number of nitrogens with one attached hydrogen (secondary N) is 1. The Balaban J connectivity index is 1.90. The van der Waals surface area contributed by atoms with Gasteiger partial charge in [-0.25, -0.2) is 13.1 Å². The van der Waals surface area contributed by atoms with Crippen molar-refractivity contribution in [3.8, 4) is 5.69 Å². The highest BCUT2D eigenvalue weighted by Gasteiger charge is 2.16. The van der Waals surface area contributed by atoms with Crippen molar-refractivity contribution in [1.29, 1.82) is 0 Å². The van der Waals surface area contributed by atoms with Gasteiger partial charge >= 0.3 is 0 Å². The van der Waals surface area contributed by atoms with E-state index in [1.165, 1.54) is 6.07 Å². The van der Waals surface area contributed by atoms with Crippen molar-refractivity contribution < 1.29 is 8.42 Å². The number of hydrogen-bond donors (Lipinski definition) is 1. The molecule has 2 heterocycles. The average molecular weight is 340 g/mol. The van der Waals surface area contributed by atoms with E-state index in [0.29, 0.717) is 10.0 Å². The molecule has 0 radical (unpaired) electrons. The molecule has 0 saturated carbocycles. The van der Waals surface area contributed by atoms with Gasteiger partial charge < -0.3 is 0 Å². The van der Waals surface area contributed by atoms with Gasteiger partial charge in [0.1, 0.15) is 4.21 Å². The van der Waals surface area contributed by atoms with Crippen molar-refractivity contribution in [2.45, 2.75) is 4.21 Å². The largest absolute Gasteiger partial charge is 0.279 e. The minimum absolute atomic E-state index is 0.178. The average Bonchev–Trinajstić information content (AvgIpc) is 3.09. The molecule has 0 amide bonds. The number of anilines is 1. The summed E-state index contributed by atoms with van der Waals surface area (Å²) in [4.78, 5) is 0. The highest BCUT2D eigenvalue weighted by Crippen LogP contribution is 2.27. The molecule has 0 bridgehead atoms. The van der Waals surface area contributed by atoms with E-state index in [2.05, 4.69) is 9.82 Å². The Morgan fingerprint density at radius 3 is 2.71 bits per heavy atom. The standard InChI is InChI=1S/C13H10ClN3O2S2/c14-12-5-6-13(20-12)21(18,19)16-10-3-1-4-11(9-10)17-8-2-7-15-17/h1-9,16H. The summed E-state index contributed by atoms with van der Waals surface area (Å²) in [5, 5.41) is 4.11. The van der Waals surface area contributed by atoms with Crippen LogP contribution >= 0.6 is 22.9 Å². The number of benzene rings is 1. The summed E-state index contributed by atoms with van der Waals surface area (Å²) >= 11 is 6.79. The lowest BCUT2D eigenvalue weighted by Gasteiger charge is -2.08. The molecular weight excluding hydrogens is 330 g/mol. The second-order valence-corrected chi connectivity index (χ2v) is 7.79. The number of aromatic nitrogens is 2. The third-order valence-corrected chi connectivity index (χ3v) is 5.78. The van der Waals surface area contributed by atoms with Crippen molar-refractivity contribution in [3.05, 3.63) is 59.2 Å². The molecule has 21 heavy (non-hydrogen) atoms. The number of rotatable bonds is 4. The lowest BCUT2D eigenvalue weighted by molar-refractivity contribution is 0.603. The minimum Gasteiger partial charge on any atom is -0.279 e. The second kappa shape index (κ2) is 5.51. The summed E-state index contributed by atoms with van der Waals surface area (Å²) in [6.07, 6.45) is 3.44. The van der Waals surface area contributed by atoms with Crippen LogP contribution in [0, 0.1) is 0 Å². The van der Waals surface area contributed by atoms with Crippen LogP contribution in [0.15, 0.2) is 59.1 Å². The predicted octanol–water partition coefficient (Wildman–Crippen LogP) is 3.39. The molecule has 1 aromatic carbocycles. The van der Waals surface area contributed by atoms with Crippen LogP contribution < -0.4 is 4.72 Å². The molecule has 0 aliphatic rings. The van der Waals surface area contributed by atoms with Crippen molar-refractivity contribution in [2.75, 3.05) is 4.72 Å². The number of nitrogens with zero attached hydrogens (tertiary/aromatic N) is 2. The topological polar surface area (TPSA) is 64.0 Å². The molecule has 0 saturated heterocycles. The third-order valence-electron chi connectivity index (χ3n) is 2.68. The van der Waals surface area contributed by atoms with E-state index in [0.717, 1.165) is 17.0 Å². The maximum absolute atomic E-state index is 12.2. The highest BCUT2D eigenvalue weighted by molar-refractivity contribution is 7.94. The monoisotopic (exact) mass is 339 g/mol. The number of sulfonamides is 1. The van der Waals surface area contributed by atoms with E-state index in [1.54, 1.807) is 47.4 Å². The molecule has 0 aliphatic heterocycles. The van der Waals surface area contributed by atoms with Crippen LogP contribution in [0.25, 0.3) is 5.69 Å². The second-order valence-electron chi connectivity index (χ2n) is 4.17. The maximum atomic E-state index is 12.2. The maximum Gasteiger partial charge on any atom is 0.271 e. The first-order chi connectivity index (χ1) is 10.0. The van der Waals surface area contributed by atoms with Crippen LogP contribution in [0.5, 0.6) is 0 Å². The molecule has 108 valence electrons. The lowest BCUT2D eigenvalue weighted by Crippen LogP contribution is -2.11. The lowest BCUT2D eigenvalue weighted by atomic mass is 10.3. The van der Waals surface area contributed by atoms with Gasteiger partial charge in [0.25, 0.3) is 10.0 Å². The zero-order valence-corrected chi connectivity index (χ0v) is 13.0. The Bertz CT molecular complexity index is 857. The van der Waals surface area contributed by atoms with E-state index in [-0.39, 0.29) is 4.21 Å². The summed E-state index contributed by atoms with van der Waals surface area (Å²) in [6.45, 7) is 0. The summed E-state index contributed by atoms with van der Waals surface area (Å²) < 4.78 is 29.3. The zero-order chi connectivity index (χ0) is 14.9. The predicted molar refractivity (Wildman–Crippen MR) is 83.7 cm³/mol. The van der Waals surface area contributed by atoms with Gasteiger partial charge in [-0.15, -0.1) is 11.3 Å². The van der Waals surface area contributed by atoms with Crippen LogP contribution in [0.3, 0.4) is 0 Å². The summed E-state index contributed by atoms with van der Waals surface area (Å²) in [6, 6.07) is 11.8. The van der Waals surface area contributed by atoms with Crippen molar-refractivity contribution in [3.63, 3.8) is 0 Å². The summed E-state index contributed by atoms with van der Waals surface area (Å²) in [5.74, 6) is 0. The normalized spacial score (nSPS) is 11.5. The molecular formula is C13H10ClN3O2S2. The van der Waals surface area contributed by atoms with Crippen LogP contribution in [-0.4, -0.2) is 18.2 Å². The van der Waals surface area contributed by atoms with Gasteiger partial charge in [-0.1, -0.05) is 17.7 Å². The van der Waals surface area contributed by atoms with Crippen molar-refractivity contribution >= 4 is 38.6 Å². The molecule has 0 fully saturated rings. The Morgan fingerprint density at radius 1 is 1.19 bits per heavy atom. The SMILES string of the molecule is O=S(=O)(Nc1cccc(-n2cccn2)c1)c1ccc(Cl)s1. The number of thiophene rings is 1. The Kier molecular flexibility index (Phi) is 3.71. The fraction of sp³-hybridized carbons (Fsp3) is 0. The number of hydrogen-bond acceptors (Lipinski definition) is 4. The van der Waals surface area contributed by atoms with Crippen LogP contribution in [0.4, 0.5) is 5.69 Å². The first-order valence-electron chi connectivity index (χ1n) is 5.93. The highest BCUT2D eigenvalue weighted by atomic mass is 35.5. The van der Waals surface area contributed by atoms with E-state index in [1.807, 2.05) is 6.07 Å². The van der Waals surface area contributed by atoms with Gasteiger partial charge in [-0.2, -0.15) is 5.10 Å². The van der Waals surface area contributed by atoms with E-state index in [4.69, 9.17) is 11.6 Å². The molecule has 3 aromatic rings.